The highest BCUT2D eigenvalue weighted by molar-refractivity contribution is 5.97. The SMILES string of the molecule is CC(NC(=O)c1c(N)cnn1C)C1CCCCC1. The molecule has 3 N–H and O–H groups in total. The maximum absolute atomic E-state index is 12.1. The number of carbonyl (C=O) groups is 1. The number of nitrogen functional groups attached to an aromatic ring is 1. The fourth-order valence-corrected chi connectivity index (χ4v) is 2.76. The lowest BCUT2D eigenvalue weighted by Crippen LogP contribution is -2.39. The van der Waals surface area contributed by atoms with Gasteiger partial charge in [-0.15, -0.1) is 0 Å². The Balaban J connectivity index is 1.98. The highest BCUT2D eigenvalue weighted by Crippen LogP contribution is 2.26. The van der Waals surface area contributed by atoms with E-state index in [4.69, 9.17) is 5.73 Å². The Morgan fingerprint density at radius 1 is 1.50 bits per heavy atom. The summed E-state index contributed by atoms with van der Waals surface area (Å²) in [4.78, 5) is 12.1. The first-order valence-electron chi connectivity index (χ1n) is 6.68. The molecule has 1 saturated carbocycles. The zero-order valence-electron chi connectivity index (χ0n) is 11.1. The molecular formula is C13H22N4O. The van der Waals surface area contributed by atoms with Crippen LogP contribution in [0.25, 0.3) is 0 Å². The summed E-state index contributed by atoms with van der Waals surface area (Å²) in [6.45, 7) is 2.08. The van der Waals surface area contributed by atoms with Gasteiger partial charge in [0, 0.05) is 13.1 Å². The molecule has 2 rings (SSSR count). The fraction of sp³-hybridized carbons (Fsp3) is 0.692. The molecule has 5 nitrogen and oxygen atoms in total. The quantitative estimate of drug-likeness (QED) is 0.857. The number of anilines is 1. The van der Waals surface area contributed by atoms with Crippen LogP contribution in [0.5, 0.6) is 0 Å². The number of rotatable bonds is 3. The summed E-state index contributed by atoms with van der Waals surface area (Å²) in [6, 6.07) is 0.201. The fourth-order valence-electron chi connectivity index (χ4n) is 2.76. The number of hydrogen-bond donors (Lipinski definition) is 2. The summed E-state index contributed by atoms with van der Waals surface area (Å²) < 4.78 is 1.53. The molecule has 1 heterocycles. The number of amides is 1. The van der Waals surface area contributed by atoms with Crippen molar-refractivity contribution in [3.63, 3.8) is 0 Å². The van der Waals surface area contributed by atoms with Crippen LogP contribution in [0.4, 0.5) is 5.69 Å². The van der Waals surface area contributed by atoms with Crippen LogP contribution in [-0.4, -0.2) is 21.7 Å². The van der Waals surface area contributed by atoms with Crippen LogP contribution in [0, 0.1) is 5.92 Å². The lowest BCUT2D eigenvalue weighted by molar-refractivity contribution is 0.0910. The minimum Gasteiger partial charge on any atom is -0.396 e. The van der Waals surface area contributed by atoms with Gasteiger partial charge in [0.05, 0.1) is 11.9 Å². The van der Waals surface area contributed by atoms with Crippen molar-refractivity contribution in [3.05, 3.63) is 11.9 Å². The molecule has 5 heteroatoms. The zero-order valence-corrected chi connectivity index (χ0v) is 11.1. The van der Waals surface area contributed by atoms with E-state index in [1.165, 1.54) is 43.0 Å². The van der Waals surface area contributed by atoms with Crippen LogP contribution in [0.3, 0.4) is 0 Å². The molecule has 0 spiro atoms. The Hall–Kier alpha value is -1.52. The van der Waals surface area contributed by atoms with E-state index in [1.807, 2.05) is 0 Å². The van der Waals surface area contributed by atoms with Crippen LogP contribution in [0.1, 0.15) is 49.5 Å². The van der Waals surface area contributed by atoms with Gasteiger partial charge < -0.3 is 11.1 Å². The van der Waals surface area contributed by atoms with Gasteiger partial charge in [0.15, 0.2) is 0 Å². The molecule has 1 aliphatic rings. The normalized spacial score (nSPS) is 18.6. The lowest BCUT2D eigenvalue weighted by atomic mass is 9.84. The van der Waals surface area contributed by atoms with Gasteiger partial charge in [-0.1, -0.05) is 19.3 Å². The van der Waals surface area contributed by atoms with Crippen molar-refractivity contribution in [1.82, 2.24) is 15.1 Å². The Labute approximate surface area is 108 Å². The number of aryl methyl sites for hydroxylation is 1. The molecular weight excluding hydrogens is 228 g/mol. The molecule has 1 amide bonds. The van der Waals surface area contributed by atoms with E-state index in [2.05, 4.69) is 17.3 Å². The molecule has 100 valence electrons. The highest BCUT2D eigenvalue weighted by atomic mass is 16.2. The van der Waals surface area contributed by atoms with E-state index >= 15 is 0 Å². The van der Waals surface area contributed by atoms with E-state index < -0.39 is 0 Å². The Bertz CT molecular complexity index is 401. The number of hydrogen-bond acceptors (Lipinski definition) is 3. The van der Waals surface area contributed by atoms with Crippen LogP contribution < -0.4 is 11.1 Å². The van der Waals surface area contributed by atoms with Gasteiger partial charge in [0.25, 0.3) is 5.91 Å². The second kappa shape index (κ2) is 5.42. The van der Waals surface area contributed by atoms with E-state index in [9.17, 15) is 4.79 Å². The van der Waals surface area contributed by atoms with Crippen molar-refractivity contribution in [2.45, 2.75) is 45.1 Å². The maximum atomic E-state index is 12.1. The number of nitrogens with two attached hydrogens (primary N) is 1. The molecule has 1 aliphatic carbocycles. The van der Waals surface area contributed by atoms with Crippen LogP contribution >= 0.6 is 0 Å². The standard InChI is InChI=1S/C13H22N4O/c1-9(10-6-4-3-5-7-10)16-13(18)12-11(14)8-15-17(12)2/h8-10H,3-7,14H2,1-2H3,(H,16,18). The van der Waals surface area contributed by atoms with Crippen LogP contribution in [-0.2, 0) is 7.05 Å². The van der Waals surface area contributed by atoms with E-state index in [0.717, 1.165) is 0 Å². The summed E-state index contributed by atoms with van der Waals surface area (Å²) in [7, 11) is 1.73. The third-order valence-electron chi connectivity index (χ3n) is 3.90. The van der Waals surface area contributed by atoms with Gasteiger partial charge in [0.1, 0.15) is 5.69 Å². The van der Waals surface area contributed by atoms with Crippen LogP contribution in [0.15, 0.2) is 6.20 Å². The lowest BCUT2D eigenvalue weighted by Gasteiger charge is -2.28. The number of nitrogens with zero attached hydrogens (tertiary/aromatic N) is 2. The smallest absolute Gasteiger partial charge is 0.271 e. The summed E-state index contributed by atoms with van der Waals surface area (Å²) in [5, 5.41) is 7.04. The van der Waals surface area contributed by atoms with E-state index in [-0.39, 0.29) is 11.9 Å². The van der Waals surface area contributed by atoms with Crippen molar-refractivity contribution in [3.8, 4) is 0 Å². The minimum atomic E-state index is -0.120. The third-order valence-corrected chi connectivity index (χ3v) is 3.90. The molecule has 0 radical (unpaired) electrons. The largest absolute Gasteiger partial charge is 0.396 e. The first-order valence-corrected chi connectivity index (χ1v) is 6.68. The third kappa shape index (κ3) is 2.66. The van der Waals surface area contributed by atoms with Crippen molar-refractivity contribution in [2.24, 2.45) is 13.0 Å². The van der Waals surface area contributed by atoms with Gasteiger partial charge in [0.2, 0.25) is 0 Å². The minimum absolute atomic E-state index is 0.120. The topological polar surface area (TPSA) is 72.9 Å². The molecule has 18 heavy (non-hydrogen) atoms. The Morgan fingerprint density at radius 2 is 2.17 bits per heavy atom. The summed E-state index contributed by atoms with van der Waals surface area (Å²) in [5.74, 6) is 0.475. The van der Waals surface area contributed by atoms with Crippen molar-refractivity contribution in [2.75, 3.05) is 5.73 Å². The first-order chi connectivity index (χ1) is 8.59. The number of aromatic nitrogens is 2. The number of carbonyl (C=O) groups excluding carboxylic acids is 1. The molecule has 0 aromatic carbocycles. The average Bonchev–Trinajstić information content (AvgIpc) is 2.70. The van der Waals surface area contributed by atoms with Gasteiger partial charge in [-0.2, -0.15) is 5.10 Å². The zero-order chi connectivity index (χ0) is 13.1. The predicted molar refractivity (Wildman–Crippen MR) is 71.1 cm³/mol. The molecule has 1 aromatic heterocycles. The Kier molecular flexibility index (Phi) is 3.89. The second-order valence-corrected chi connectivity index (χ2v) is 5.23. The molecule has 0 bridgehead atoms. The van der Waals surface area contributed by atoms with E-state index in [0.29, 0.717) is 17.3 Å². The average molecular weight is 250 g/mol. The van der Waals surface area contributed by atoms with Crippen molar-refractivity contribution in [1.29, 1.82) is 0 Å². The summed E-state index contributed by atoms with van der Waals surface area (Å²) in [6.07, 6.45) is 7.81. The first kappa shape index (κ1) is 12.9. The van der Waals surface area contributed by atoms with Gasteiger partial charge >= 0.3 is 0 Å². The van der Waals surface area contributed by atoms with E-state index in [1.54, 1.807) is 7.05 Å². The summed E-state index contributed by atoms with van der Waals surface area (Å²) >= 11 is 0. The van der Waals surface area contributed by atoms with Gasteiger partial charge in [-0.3, -0.25) is 9.48 Å². The van der Waals surface area contributed by atoms with Crippen molar-refractivity contribution >= 4 is 11.6 Å². The molecule has 1 unspecified atom stereocenters. The second-order valence-electron chi connectivity index (χ2n) is 5.23. The highest BCUT2D eigenvalue weighted by Gasteiger charge is 2.23. The molecule has 0 saturated heterocycles. The summed E-state index contributed by atoms with van der Waals surface area (Å²) in [5.41, 5.74) is 6.64. The number of nitrogens with one attached hydrogen (secondary N) is 1. The van der Waals surface area contributed by atoms with Crippen molar-refractivity contribution < 1.29 is 4.79 Å². The molecule has 1 fully saturated rings. The monoisotopic (exact) mass is 250 g/mol. The van der Waals surface area contributed by atoms with Gasteiger partial charge in [-0.05, 0) is 25.7 Å². The predicted octanol–water partition coefficient (Wildman–Crippen LogP) is 1.70. The maximum Gasteiger partial charge on any atom is 0.271 e. The molecule has 1 atom stereocenters. The molecule has 1 aromatic rings. The van der Waals surface area contributed by atoms with Gasteiger partial charge in [-0.25, -0.2) is 0 Å². The Morgan fingerprint density at radius 3 is 2.72 bits per heavy atom. The van der Waals surface area contributed by atoms with Crippen LogP contribution in [0.2, 0.25) is 0 Å². The molecule has 0 aliphatic heterocycles.